The van der Waals surface area contributed by atoms with Gasteiger partial charge in [-0.05, 0) is 25.7 Å². The van der Waals surface area contributed by atoms with Gasteiger partial charge in [-0.15, -0.1) is 0 Å². The molecule has 1 amide bonds. The molecule has 0 aliphatic heterocycles. The fraction of sp³-hybridized carbons (Fsp3) is 0.778. The Labute approximate surface area is 84.1 Å². The number of hydrogen-bond donors (Lipinski definition) is 2. The molecule has 1 unspecified atom stereocenters. The van der Waals surface area contributed by atoms with Crippen molar-refractivity contribution in [1.29, 1.82) is 0 Å². The molecule has 0 radical (unpaired) electrons. The second-order valence-corrected chi connectivity index (χ2v) is 4.38. The number of amides is 1. The SMILES string of the molecule is CC1CC(NC(=O)C(C)C(N)=S)C1. The van der Waals surface area contributed by atoms with Gasteiger partial charge in [0.1, 0.15) is 0 Å². The third-order valence-corrected chi connectivity index (χ3v) is 2.89. The van der Waals surface area contributed by atoms with Crippen LogP contribution < -0.4 is 11.1 Å². The molecule has 4 heteroatoms. The normalized spacial score (nSPS) is 28.8. The van der Waals surface area contributed by atoms with Crippen LogP contribution in [-0.4, -0.2) is 16.9 Å². The third-order valence-electron chi connectivity index (χ3n) is 2.54. The Bertz CT molecular complexity index is 224. The van der Waals surface area contributed by atoms with E-state index in [4.69, 9.17) is 18.0 Å². The minimum atomic E-state index is -0.342. The molecule has 0 spiro atoms. The molecule has 0 bridgehead atoms. The molecule has 74 valence electrons. The maximum absolute atomic E-state index is 11.4. The predicted octanol–water partition coefficient (Wildman–Crippen LogP) is 0.823. The van der Waals surface area contributed by atoms with Crippen LogP contribution in [0, 0.1) is 11.8 Å². The van der Waals surface area contributed by atoms with Gasteiger partial charge in [-0.25, -0.2) is 0 Å². The second-order valence-electron chi connectivity index (χ2n) is 3.91. The number of thiocarbonyl (C=S) groups is 1. The molecule has 1 aliphatic rings. The highest BCUT2D eigenvalue weighted by Crippen LogP contribution is 2.26. The summed E-state index contributed by atoms with van der Waals surface area (Å²) in [6, 6.07) is 0.347. The van der Waals surface area contributed by atoms with Crippen molar-refractivity contribution in [2.24, 2.45) is 17.6 Å². The van der Waals surface area contributed by atoms with E-state index in [0.717, 1.165) is 18.8 Å². The minimum Gasteiger partial charge on any atom is -0.393 e. The highest BCUT2D eigenvalue weighted by Gasteiger charge is 2.28. The summed E-state index contributed by atoms with van der Waals surface area (Å²) in [5, 5.41) is 2.92. The van der Waals surface area contributed by atoms with E-state index in [-0.39, 0.29) is 16.8 Å². The fourth-order valence-electron chi connectivity index (χ4n) is 1.48. The van der Waals surface area contributed by atoms with Crippen LogP contribution in [0.1, 0.15) is 26.7 Å². The van der Waals surface area contributed by atoms with Gasteiger partial charge in [0, 0.05) is 6.04 Å². The van der Waals surface area contributed by atoms with Crippen molar-refractivity contribution in [3.63, 3.8) is 0 Å². The number of nitrogens with two attached hydrogens (primary N) is 1. The Morgan fingerprint density at radius 1 is 1.62 bits per heavy atom. The summed E-state index contributed by atoms with van der Waals surface area (Å²) < 4.78 is 0. The highest BCUT2D eigenvalue weighted by molar-refractivity contribution is 7.80. The topological polar surface area (TPSA) is 55.1 Å². The molecule has 1 saturated carbocycles. The van der Waals surface area contributed by atoms with E-state index in [0.29, 0.717) is 6.04 Å². The quantitative estimate of drug-likeness (QED) is 0.663. The zero-order valence-corrected chi connectivity index (χ0v) is 8.86. The van der Waals surface area contributed by atoms with Crippen LogP contribution in [0.2, 0.25) is 0 Å². The van der Waals surface area contributed by atoms with Crippen LogP contribution in [0.3, 0.4) is 0 Å². The molecule has 0 aromatic carbocycles. The van der Waals surface area contributed by atoms with E-state index < -0.39 is 0 Å². The first kappa shape index (κ1) is 10.4. The number of carbonyl (C=O) groups excluding carboxylic acids is 1. The van der Waals surface area contributed by atoms with E-state index in [2.05, 4.69) is 12.2 Å². The lowest BCUT2D eigenvalue weighted by molar-refractivity contribution is -0.124. The van der Waals surface area contributed by atoms with Crippen LogP contribution in [0.15, 0.2) is 0 Å². The fourth-order valence-corrected chi connectivity index (χ4v) is 1.58. The summed E-state index contributed by atoms with van der Waals surface area (Å²) in [4.78, 5) is 11.7. The Hall–Kier alpha value is -0.640. The molecule has 1 atom stereocenters. The zero-order chi connectivity index (χ0) is 10.0. The monoisotopic (exact) mass is 200 g/mol. The summed E-state index contributed by atoms with van der Waals surface area (Å²) in [7, 11) is 0. The van der Waals surface area contributed by atoms with Crippen molar-refractivity contribution in [2.75, 3.05) is 0 Å². The Morgan fingerprint density at radius 3 is 2.54 bits per heavy atom. The molecule has 0 aromatic heterocycles. The minimum absolute atomic E-state index is 0.0376. The summed E-state index contributed by atoms with van der Waals surface area (Å²) >= 11 is 4.74. The molecule has 3 N–H and O–H groups in total. The van der Waals surface area contributed by atoms with E-state index >= 15 is 0 Å². The predicted molar refractivity (Wildman–Crippen MR) is 56.3 cm³/mol. The van der Waals surface area contributed by atoms with Gasteiger partial charge in [-0.3, -0.25) is 4.79 Å². The lowest BCUT2D eigenvalue weighted by Gasteiger charge is -2.33. The zero-order valence-electron chi connectivity index (χ0n) is 8.04. The average Bonchev–Trinajstić information content (AvgIpc) is 2.00. The first-order valence-corrected chi connectivity index (χ1v) is 5.01. The highest BCUT2D eigenvalue weighted by atomic mass is 32.1. The molecule has 0 saturated heterocycles. The Morgan fingerprint density at radius 2 is 2.15 bits per heavy atom. The van der Waals surface area contributed by atoms with Gasteiger partial charge in [-0.2, -0.15) is 0 Å². The average molecular weight is 200 g/mol. The van der Waals surface area contributed by atoms with E-state index in [1.165, 1.54) is 0 Å². The van der Waals surface area contributed by atoms with E-state index in [9.17, 15) is 4.79 Å². The first-order chi connectivity index (χ1) is 6.00. The molecule has 1 aliphatic carbocycles. The van der Waals surface area contributed by atoms with Gasteiger partial charge >= 0.3 is 0 Å². The van der Waals surface area contributed by atoms with Crippen molar-refractivity contribution in [1.82, 2.24) is 5.32 Å². The Balaban J connectivity index is 2.29. The summed E-state index contributed by atoms with van der Waals surface area (Å²) in [6.45, 7) is 3.92. The molecule has 1 fully saturated rings. The molecule has 13 heavy (non-hydrogen) atoms. The molecule has 1 rings (SSSR count). The maximum atomic E-state index is 11.4. The van der Waals surface area contributed by atoms with Crippen LogP contribution in [-0.2, 0) is 4.79 Å². The summed E-state index contributed by atoms with van der Waals surface area (Å²) in [5.41, 5.74) is 5.37. The lowest BCUT2D eigenvalue weighted by Crippen LogP contribution is -2.47. The van der Waals surface area contributed by atoms with Gasteiger partial charge in [0.15, 0.2) is 0 Å². The van der Waals surface area contributed by atoms with Crippen molar-refractivity contribution in [3.05, 3.63) is 0 Å². The van der Waals surface area contributed by atoms with Crippen molar-refractivity contribution >= 4 is 23.1 Å². The van der Waals surface area contributed by atoms with Gasteiger partial charge in [-0.1, -0.05) is 19.1 Å². The first-order valence-electron chi connectivity index (χ1n) is 4.60. The van der Waals surface area contributed by atoms with Crippen LogP contribution in [0.4, 0.5) is 0 Å². The largest absolute Gasteiger partial charge is 0.393 e. The van der Waals surface area contributed by atoms with Crippen molar-refractivity contribution < 1.29 is 4.79 Å². The Kier molecular flexibility index (Phi) is 3.25. The summed E-state index contributed by atoms with van der Waals surface area (Å²) in [6.07, 6.45) is 2.16. The second kappa shape index (κ2) is 4.05. The maximum Gasteiger partial charge on any atom is 0.229 e. The van der Waals surface area contributed by atoms with Crippen LogP contribution in [0.5, 0.6) is 0 Å². The third kappa shape index (κ3) is 2.66. The number of carbonyl (C=O) groups is 1. The van der Waals surface area contributed by atoms with Gasteiger partial charge in [0.2, 0.25) is 5.91 Å². The molecule has 3 nitrogen and oxygen atoms in total. The number of nitrogens with one attached hydrogen (secondary N) is 1. The van der Waals surface area contributed by atoms with Crippen LogP contribution in [0.25, 0.3) is 0 Å². The molecular formula is C9H16N2OS. The molecule has 0 heterocycles. The standard InChI is InChI=1S/C9H16N2OS/c1-5-3-7(4-5)11-9(12)6(2)8(10)13/h5-7H,3-4H2,1-2H3,(H2,10,13)(H,11,12). The van der Waals surface area contributed by atoms with Crippen LogP contribution >= 0.6 is 12.2 Å². The van der Waals surface area contributed by atoms with Crippen molar-refractivity contribution in [3.8, 4) is 0 Å². The van der Waals surface area contributed by atoms with E-state index in [1.807, 2.05) is 0 Å². The number of hydrogen-bond acceptors (Lipinski definition) is 2. The molecule has 0 aromatic rings. The van der Waals surface area contributed by atoms with Gasteiger partial charge in [0.05, 0.1) is 10.9 Å². The van der Waals surface area contributed by atoms with Gasteiger partial charge < -0.3 is 11.1 Å². The lowest BCUT2D eigenvalue weighted by atomic mass is 9.81. The smallest absolute Gasteiger partial charge is 0.229 e. The number of rotatable bonds is 3. The van der Waals surface area contributed by atoms with E-state index in [1.54, 1.807) is 6.92 Å². The molecular weight excluding hydrogens is 184 g/mol. The van der Waals surface area contributed by atoms with Gasteiger partial charge in [0.25, 0.3) is 0 Å². The van der Waals surface area contributed by atoms with Crippen molar-refractivity contribution in [2.45, 2.75) is 32.7 Å². The summed E-state index contributed by atoms with van der Waals surface area (Å²) in [5.74, 6) is 0.362.